The molecule has 0 aromatic carbocycles. The molecule has 1 fully saturated rings. The number of allylic oxidation sites excluding steroid dienone is 2. The number of ketones is 1. The number of carbonyl (C=O) groups is 2. The number of hydrogen-bond acceptors (Lipinski definition) is 3. The summed E-state index contributed by atoms with van der Waals surface area (Å²) in [4.78, 5) is 26.2. The minimum absolute atomic E-state index is 0.154. The second-order valence-electron chi connectivity index (χ2n) is 6.57. The average Bonchev–Trinajstić information content (AvgIpc) is 2.41. The number of hydrogen-bond donors (Lipinski definition) is 0. The van der Waals surface area contributed by atoms with Gasteiger partial charge < -0.3 is 4.74 Å². The molecule has 1 saturated heterocycles. The molecule has 1 aliphatic heterocycles. The van der Waals surface area contributed by atoms with Gasteiger partial charge in [-0.3, -0.25) is 9.69 Å². The van der Waals surface area contributed by atoms with Crippen LogP contribution in [0.1, 0.15) is 66.2 Å². The smallest absolute Gasteiger partial charge is 0.410 e. The molecule has 1 atom stereocenters. The molecule has 0 aromatic rings. The molecule has 0 unspecified atom stereocenters. The summed E-state index contributed by atoms with van der Waals surface area (Å²) in [6.45, 7) is 8.24. The summed E-state index contributed by atoms with van der Waals surface area (Å²) in [6, 6.07) is -0.302. The van der Waals surface area contributed by atoms with Crippen molar-refractivity contribution in [2.75, 3.05) is 6.54 Å². The van der Waals surface area contributed by atoms with Crippen LogP contribution in [0, 0.1) is 0 Å². The molecule has 0 saturated carbocycles. The van der Waals surface area contributed by atoms with Crippen molar-refractivity contribution in [2.45, 2.75) is 77.9 Å². The van der Waals surface area contributed by atoms with E-state index < -0.39 is 5.60 Å². The van der Waals surface area contributed by atoms with E-state index >= 15 is 0 Å². The van der Waals surface area contributed by atoms with Crippen molar-refractivity contribution in [3.63, 3.8) is 0 Å². The first-order chi connectivity index (χ1) is 9.85. The highest BCUT2D eigenvalue weighted by Crippen LogP contribution is 2.22. The fourth-order valence-electron chi connectivity index (χ4n) is 2.48. The van der Waals surface area contributed by atoms with Gasteiger partial charge in [0.2, 0.25) is 0 Å². The van der Waals surface area contributed by atoms with Gasteiger partial charge in [0.25, 0.3) is 0 Å². The number of carbonyl (C=O) groups excluding carboxylic acids is 2. The number of likely N-dealkylation sites (tertiary alicyclic amines) is 1. The van der Waals surface area contributed by atoms with E-state index in [2.05, 4.69) is 13.0 Å². The zero-order valence-corrected chi connectivity index (χ0v) is 13.9. The lowest BCUT2D eigenvalue weighted by atomic mass is 9.96. The van der Waals surface area contributed by atoms with Gasteiger partial charge in [-0.25, -0.2) is 4.79 Å². The lowest BCUT2D eigenvalue weighted by Crippen LogP contribution is -2.49. The Kier molecular flexibility index (Phi) is 6.93. The Hall–Kier alpha value is -1.32. The summed E-state index contributed by atoms with van der Waals surface area (Å²) in [5, 5.41) is 0. The van der Waals surface area contributed by atoms with E-state index in [0.717, 1.165) is 32.1 Å². The van der Waals surface area contributed by atoms with E-state index in [4.69, 9.17) is 4.74 Å². The summed E-state index contributed by atoms with van der Waals surface area (Å²) >= 11 is 0. The number of ether oxygens (including phenoxy) is 1. The van der Waals surface area contributed by atoms with E-state index in [1.807, 2.05) is 26.8 Å². The third-order valence-electron chi connectivity index (χ3n) is 3.46. The molecule has 1 rings (SSSR count). The van der Waals surface area contributed by atoms with Gasteiger partial charge in [-0.1, -0.05) is 19.1 Å². The summed E-state index contributed by atoms with van der Waals surface area (Å²) in [6.07, 6.45) is 8.70. The second kappa shape index (κ2) is 8.20. The van der Waals surface area contributed by atoms with Gasteiger partial charge in [-0.05, 0) is 52.9 Å². The fraction of sp³-hybridized carbons (Fsp3) is 0.765. The van der Waals surface area contributed by atoms with Crippen LogP contribution in [-0.2, 0) is 9.53 Å². The maximum Gasteiger partial charge on any atom is 0.410 e. The van der Waals surface area contributed by atoms with Crippen LogP contribution in [0.25, 0.3) is 0 Å². The maximum atomic E-state index is 12.4. The first kappa shape index (κ1) is 17.7. The third kappa shape index (κ3) is 6.32. The van der Waals surface area contributed by atoms with E-state index in [9.17, 15) is 9.59 Å². The highest BCUT2D eigenvalue weighted by molar-refractivity contribution is 5.87. The molecule has 1 amide bonds. The largest absolute Gasteiger partial charge is 0.444 e. The van der Waals surface area contributed by atoms with E-state index in [-0.39, 0.29) is 17.9 Å². The lowest BCUT2D eigenvalue weighted by molar-refractivity contribution is -0.125. The molecule has 4 nitrogen and oxygen atoms in total. The van der Waals surface area contributed by atoms with Gasteiger partial charge in [0.1, 0.15) is 5.60 Å². The molecule has 21 heavy (non-hydrogen) atoms. The van der Waals surface area contributed by atoms with Crippen molar-refractivity contribution in [1.29, 1.82) is 0 Å². The molecule has 4 heteroatoms. The summed E-state index contributed by atoms with van der Waals surface area (Å²) in [5.41, 5.74) is -0.522. The molecule has 1 heterocycles. The number of piperidine rings is 1. The molecule has 1 aliphatic rings. The molecular formula is C17H29NO3. The molecule has 0 radical (unpaired) electrons. The normalized spacial score (nSPS) is 19.8. The Balaban J connectivity index is 2.62. The minimum Gasteiger partial charge on any atom is -0.444 e. The van der Waals surface area contributed by atoms with Gasteiger partial charge in [-0.2, -0.15) is 0 Å². The Morgan fingerprint density at radius 3 is 2.57 bits per heavy atom. The SMILES string of the molecule is CC/C=C/CCC(=O)[C@H]1CCCCN1C(=O)OC(C)(C)C. The van der Waals surface area contributed by atoms with Crippen LogP contribution in [0.15, 0.2) is 12.2 Å². The van der Waals surface area contributed by atoms with Crippen molar-refractivity contribution in [2.24, 2.45) is 0 Å². The lowest BCUT2D eigenvalue weighted by Gasteiger charge is -2.35. The first-order valence-electron chi connectivity index (χ1n) is 8.02. The first-order valence-corrected chi connectivity index (χ1v) is 8.02. The highest BCUT2D eigenvalue weighted by Gasteiger charge is 2.34. The third-order valence-corrected chi connectivity index (χ3v) is 3.46. The zero-order valence-electron chi connectivity index (χ0n) is 13.9. The van der Waals surface area contributed by atoms with Crippen molar-refractivity contribution in [1.82, 2.24) is 4.90 Å². The molecule has 0 aliphatic carbocycles. The van der Waals surface area contributed by atoms with Gasteiger partial charge in [0.15, 0.2) is 5.78 Å². The van der Waals surface area contributed by atoms with Crippen molar-refractivity contribution in [3.05, 3.63) is 12.2 Å². The van der Waals surface area contributed by atoms with E-state index in [0.29, 0.717) is 13.0 Å². The maximum absolute atomic E-state index is 12.4. The molecule has 0 bridgehead atoms. The topological polar surface area (TPSA) is 46.6 Å². The van der Waals surface area contributed by atoms with Crippen LogP contribution in [0.2, 0.25) is 0 Å². The molecule has 0 spiro atoms. The summed E-state index contributed by atoms with van der Waals surface area (Å²) in [7, 11) is 0. The zero-order chi connectivity index (χ0) is 15.9. The van der Waals surface area contributed by atoms with Crippen LogP contribution in [0.5, 0.6) is 0 Å². The quantitative estimate of drug-likeness (QED) is 0.718. The van der Waals surface area contributed by atoms with Gasteiger partial charge in [0.05, 0.1) is 6.04 Å². The van der Waals surface area contributed by atoms with E-state index in [1.54, 1.807) is 4.90 Å². The number of rotatable bonds is 5. The van der Waals surface area contributed by atoms with Crippen LogP contribution in [0.3, 0.4) is 0 Å². The predicted octanol–water partition coefficient (Wildman–Crippen LogP) is 4.09. The average molecular weight is 295 g/mol. The fourth-order valence-corrected chi connectivity index (χ4v) is 2.48. The van der Waals surface area contributed by atoms with Crippen molar-refractivity contribution in [3.8, 4) is 0 Å². The minimum atomic E-state index is -0.522. The number of nitrogens with zero attached hydrogens (tertiary/aromatic N) is 1. The van der Waals surface area contributed by atoms with Crippen LogP contribution in [0.4, 0.5) is 4.79 Å². The van der Waals surface area contributed by atoms with Crippen LogP contribution < -0.4 is 0 Å². The van der Waals surface area contributed by atoms with Crippen molar-refractivity contribution >= 4 is 11.9 Å². The Bertz CT molecular complexity index is 382. The van der Waals surface area contributed by atoms with E-state index in [1.165, 1.54) is 0 Å². The van der Waals surface area contributed by atoms with Crippen molar-refractivity contribution < 1.29 is 14.3 Å². The Labute approximate surface area is 128 Å². The molecule has 0 aromatic heterocycles. The Morgan fingerprint density at radius 2 is 1.95 bits per heavy atom. The predicted molar refractivity (Wildman–Crippen MR) is 84.3 cm³/mol. The monoisotopic (exact) mass is 295 g/mol. The molecule has 120 valence electrons. The van der Waals surface area contributed by atoms with Crippen LogP contribution >= 0.6 is 0 Å². The van der Waals surface area contributed by atoms with Crippen LogP contribution in [-0.4, -0.2) is 35.0 Å². The van der Waals surface area contributed by atoms with Gasteiger partial charge in [0, 0.05) is 13.0 Å². The number of Topliss-reactive ketones (excluding diaryl/α,β-unsaturated/α-hetero) is 1. The summed E-state index contributed by atoms with van der Waals surface area (Å²) < 4.78 is 5.42. The van der Waals surface area contributed by atoms with Gasteiger partial charge in [-0.15, -0.1) is 0 Å². The van der Waals surface area contributed by atoms with Gasteiger partial charge >= 0.3 is 6.09 Å². The standard InChI is InChI=1S/C17H29NO3/c1-5-6-7-8-12-15(19)14-11-9-10-13-18(14)16(20)21-17(2,3)4/h6-7,14H,5,8-13H2,1-4H3/b7-6+/t14-/m1/s1. The summed E-state index contributed by atoms with van der Waals surface area (Å²) in [5.74, 6) is 0.154. The Morgan fingerprint density at radius 1 is 1.24 bits per heavy atom. The number of amides is 1. The second-order valence-corrected chi connectivity index (χ2v) is 6.57. The molecule has 0 N–H and O–H groups in total. The highest BCUT2D eigenvalue weighted by atomic mass is 16.6. The molecular weight excluding hydrogens is 266 g/mol.